The number of hydrogen-bond donors (Lipinski definition) is 1. The van der Waals surface area contributed by atoms with Crippen molar-refractivity contribution in [2.75, 3.05) is 30.9 Å². The zero-order chi connectivity index (χ0) is 16.5. The van der Waals surface area contributed by atoms with Gasteiger partial charge >= 0.3 is 0 Å². The van der Waals surface area contributed by atoms with E-state index in [0.717, 1.165) is 41.9 Å². The van der Waals surface area contributed by atoms with Crippen molar-refractivity contribution < 1.29 is 4.74 Å². The van der Waals surface area contributed by atoms with Gasteiger partial charge in [0.05, 0.1) is 12.6 Å². The number of aryl methyl sites for hydroxylation is 1. The molecule has 2 heterocycles. The zero-order valence-corrected chi connectivity index (χ0v) is 13.9. The van der Waals surface area contributed by atoms with Crippen molar-refractivity contribution in [3.05, 3.63) is 48.0 Å². The molecule has 5 nitrogen and oxygen atoms in total. The van der Waals surface area contributed by atoms with E-state index in [4.69, 9.17) is 9.72 Å². The predicted octanol–water partition coefficient (Wildman–Crippen LogP) is 3.76. The summed E-state index contributed by atoms with van der Waals surface area (Å²) >= 11 is 0. The molecule has 0 spiro atoms. The van der Waals surface area contributed by atoms with E-state index < -0.39 is 0 Å². The van der Waals surface area contributed by atoms with Crippen molar-refractivity contribution in [1.29, 1.82) is 0 Å². The van der Waals surface area contributed by atoms with Crippen molar-refractivity contribution >= 4 is 28.4 Å². The van der Waals surface area contributed by atoms with Crippen LogP contribution in [0.1, 0.15) is 12.0 Å². The summed E-state index contributed by atoms with van der Waals surface area (Å²) in [5, 5.41) is 4.14. The van der Waals surface area contributed by atoms with Crippen LogP contribution in [0.4, 0.5) is 17.5 Å². The molecule has 24 heavy (non-hydrogen) atoms. The van der Waals surface area contributed by atoms with E-state index in [-0.39, 0.29) is 0 Å². The highest BCUT2D eigenvalue weighted by molar-refractivity contribution is 5.93. The summed E-state index contributed by atoms with van der Waals surface area (Å²) in [4.78, 5) is 11.6. The Morgan fingerprint density at radius 2 is 2.00 bits per heavy atom. The molecule has 3 aromatic rings. The van der Waals surface area contributed by atoms with Crippen LogP contribution in [0.25, 0.3) is 10.9 Å². The molecule has 0 bridgehead atoms. The highest BCUT2D eigenvalue weighted by atomic mass is 16.5. The molecule has 4 rings (SSSR count). The first-order valence-electron chi connectivity index (χ1n) is 8.19. The van der Waals surface area contributed by atoms with Gasteiger partial charge in [-0.1, -0.05) is 12.1 Å². The topological polar surface area (TPSA) is 50.3 Å². The molecule has 0 radical (unpaired) electrons. The van der Waals surface area contributed by atoms with Crippen LogP contribution in [0.3, 0.4) is 0 Å². The van der Waals surface area contributed by atoms with Gasteiger partial charge in [-0.3, -0.25) is 0 Å². The lowest BCUT2D eigenvalue weighted by Crippen LogP contribution is -2.26. The van der Waals surface area contributed by atoms with E-state index in [1.54, 1.807) is 7.11 Å². The highest BCUT2D eigenvalue weighted by Gasteiger charge is 2.22. The molecule has 1 aromatic heterocycles. The molecule has 0 atom stereocenters. The fourth-order valence-electron chi connectivity index (χ4n) is 3.30. The third-order valence-corrected chi connectivity index (χ3v) is 4.47. The number of aromatic nitrogens is 2. The van der Waals surface area contributed by atoms with Crippen molar-refractivity contribution in [1.82, 2.24) is 9.97 Å². The van der Waals surface area contributed by atoms with Crippen LogP contribution in [0.2, 0.25) is 0 Å². The van der Waals surface area contributed by atoms with Crippen molar-refractivity contribution in [3.63, 3.8) is 0 Å². The van der Waals surface area contributed by atoms with Gasteiger partial charge in [0.25, 0.3) is 0 Å². The molecule has 0 unspecified atom stereocenters. The standard InChI is InChI=1S/C19H20N4O/c1-20-19-21-16-8-4-3-7-15(16)18(22-19)23-11-5-6-13-12-14(24-2)9-10-17(13)23/h3-4,7-10,12H,5-6,11H2,1-2H3,(H,20,21,22). The van der Waals surface area contributed by atoms with Crippen LogP contribution in [-0.2, 0) is 6.42 Å². The van der Waals surface area contributed by atoms with E-state index >= 15 is 0 Å². The molecule has 2 aromatic carbocycles. The number of anilines is 3. The first kappa shape index (κ1) is 14.8. The van der Waals surface area contributed by atoms with Crippen LogP contribution in [0.15, 0.2) is 42.5 Å². The van der Waals surface area contributed by atoms with Gasteiger partial charge in [0.1, 0.15) is 11.6 Å². The molecule has 0 aliphatic carbocycles. The maximum absolute atomic E-state index is 5.37. The number of hydrogen-bond acceptors (Lipinski definition) is 5. The fraction of sp³-hybridized carbons (Fsp3) is 0.263. The first-order chi connectivity index (χ1) is 11.8. The minimum atomic E-state index is 0.643. The normalized spacial score (nSPS) is 13.7. The van der Waals surface area contributed by atoms with Crippen LogP contribution >= 0.6 is 0 Å². The zero-order valence-electron chi connectivity index (χ0n) is 13.9. The lowest BCUT2D eigenvalue weighted by molar-refractivity contribution is 0.414. The van der Waals surface area contributed by atoms with Gasteiger partial charge in [-0.2, -0.15) is 4.98 Å². The number of ether oxygens (including phenoxy) is 1. The number of nitrogens with one attached hydrogen (secondary N) is 1. The van der Waals surface area contributed by atoms with Crippen LogP contribution in [0.5, 0.6) is 5.75 Å². The molecule has 0 fully saturated rings. The summed E-state index contributed by atoms with van der Waals surface area (Å²) in [6, 6.07) is 14.4. The molecular weight excluding hydrogens is 300 g/mol. The van der Waals surface area contributed by atoms with Crippen LogP contribution < -0.4 is 15.0 Å². The summed E-state index contributed by atoms with van der Waals surface area (Å²) in [7, 11) is 3.56. The Bertz CT molecular complexity index is 894. The van der Waals surface area contributed by atoms with Crippen LogP contribution in [-0.4, -0.2) is 30.7 Å². The number of benzene rings is 2. The Balaban J connectivity index is 1.90. The van der Waals surface area contributed by atoms with E-state index in [0.29, 0.717) is 5.95 Å². The molecular formula is C19H20N4O. The Kier molecular flexibility index (Phi) is 3.69. The minimum Gasteiger partial charge on any atom is -0.497 e. The molecule has 122 valence electrons. The van der Waals surface area contributed by atoms with Crippen molar-refractivity contribution in [2.45, 2.75) is 12.8 Å². The molecule has 0 amide bonds. The number of nitrogens with zero attached hydrogens (tertiary/aromatic N) is 3. The molecule has 0 saturated heterocycles. The number of methoxy groups -OCH3 is 1. The van der Waals surface area contributed by atoms with Gasteiger partial charge in [-0.25, -0.2) is 4.98 Å². The average molecular weight is 320 g/mol. The second kappa shape index (κ2) is 6.00. The summed E-state index contributed by atoms with van der Waals surface area (Å²) < 4.78 is 5.37. The quantitative estimate of drug-likeness (QED) is 0.796. The molecule has 5 heteroatoms. The van der Waals surface area contributed by atoms with E-state index in [9.17, 15) is 0 Å². The average Bonchev–Trinajstić information content (AvgIpc) is 2.66. The van der Waals surface area contributed by atoms with Gasteiger partial charge in [-0.05, 0) is 48.7 Å². The van der Waals surface area contributed by atoms with Gasteiger partial charge in [-0.15, -0.1) is 0 Å². The first-order valence-corrected chi connectivity index (χ1v) is 8.19. The summed E-state index contributed by atoms with van der Waals surface area (Å²) in [6.07, 6.45) is 2.15. The Hall–Kier alpha value is -2.82. The lowest BCUT2D eigenvalue weighted by Gasteiger charge is -2.31. The molecule has 1 aliphatic rings. The SMILES string of the molecule is CNc1nc(N2CCCc3cc(OC)ccc32)c2ccccc2n1. The second-order valence-electron chi connectivity index (χ2n) is 5.89. The van der Waals surface area contributed by atoms with Gasteiger partial charge in [0.15, 0.2) is 0 Å². The Morgan fingerprint density at radius 3 is 2.83 bits per heavy atom. The Labute approximate surface area is 141 Å². The van der Waals surface area contributed by atoms with Crippen LogP contribution in [0, 0.1) is 0 Å². The van der Waals surface area contributed by atoms with E-state index in [1.165, 1.54) is 11.3 Å². The number of fused-ring (bicyclic) bond motifs is 2. The monoisotopic (exact) mass is 320 g/mol. The third-order valence-electron chi connectivity index (χ3n) is 4.47. The highest BCUT2D eigenvalue weighted by Crippen LogP contribution is 2.37. The maximum atomic E-state index is 5.37. The third kappa shape index (κ3) is 2.42. The lowest BCUT2D eigenvalue weighted by atomic mass is 10.0. The predicted molar refractivity (Wildman–Crippen MR) is 97.4 cm³/mol. The Morgan fingerprint density at radius 1 is 1.12 bits per heavy atom. The molecule has 0 saturated carbocycles. The van der Waals surface area contributed by atoms with E-state index in [2.05, 4.69) is 33.4 Å². The second-order valence-corrected chi connectivity index (χ2v) is 5.89. The van der Waals surface area contributed by atoms with Gasteiger partial charge in [0, 0.05) is 24.7 Å². The van der Waals surface area contributed by atoms with E-state index in [1.807, 2.05) is 31.3 Å². The smallest absolute Gasteiger partial charge is 0.224 e. The molecule has 1 N–H and O–H groups in total. The summed E-state index contributed by atoms with van der Waals surface area (Å²) in [5.41, 5.74) is 3.45. The summed E-state index contributed by atoms with van der Waals surface area (Å²) in [5.74, 6) is 2.50. The minimum absolute atomic E-state index is 0.643. The summed E-state index contributed by atoms with van der Waals surface area (Å²) in [6.45, 7) is 0.948. The largest absolute Gasteiger partial charge is 0.497 e. The van der Waals surface area contributed by atoms with Gasteiger partial charge < -0.3 is 15.0 Å². The van der Waals surface area contributed by atoms with Crippen molar-refractivity contribution in [3.8, 4) is 5.75 Å². The number of para-hydroxylation sites is 1. The maximum Gasteiger partial charge on any atom is 0.224 e. The fourth-order valence-corrected chi connectivity index (χ4v) is 3.30. The number of rotatable bonds is 3. The molecule has 1 aliphatic heterocycles. The van der Waals surface area contributed by atoms with Gasteiger partial charge in [0.2, 0.25) is 5.95 Å². The van der Waals surface area contributed by atoms with Crippen molar-refractivity contribution in [2.24, 2.45) is 0 Å².